The number of aliphatic carboxylic acids is 1. The molecule has 1 amide bonds. The van der Waals surface area contributed by atoms with E-state index in [0.717, 1.165) is 49.8 Å². The lowest BCUT2D eigenvalue weighted by Crippen LogP contribution is -2.49. The van der Waals surface area contributed by atoms with Crippen LogP contribution < -0.4 is 0 Å². The topological polar surface area (TPSA) is 83.4 Å². The molecule has 4 unspecified atom stereocenters. The summed E-state index contributed by atoms with van der Waals surface area (Å²) >= 11 is 0. The maximum absolute atomic E-state index is 13.2. The van der Waals surface area contributed by atoms with E-state index in [2.05, 4.69) is 9.97 Å². The molecule has 2 fully saturated rings. The second-order valence-corrected chi connectivity index (χ2v) is 7.38. The fourth-order valence-corrected chi connectivity index (χ4v) is 4.88. The van der Waals surface area contributed by atoms with E-state index in [-0.39, 0.29) is 17.9 Å². The molecule has 0 aromatic carbocycles. The fourth-order valence-electron chi connectivity index (χ4n) is 4.88. The number of carbonyl (C=O) groups excluding carboxylic acids is 1. The molecule has 2 aliphatic carbocycles. The summed E-state index contributed by atoms with van der Waals surface area (Å²) in [5, 5.41) is 9.62. The van der Waals surface area contributed by atoms with Crippen LogP contribution in [0.15, 0.2) is 12.5 Å². The lowest BCUT2D eigenvalue weighted by Gasteiger charge is -2.36. The second-order valence-electron chi connectivity index (χ2n) is 7.38. The number of rotatable bonds is 2. The zero-order valence-corrected chi connectivity index (χ0v) is 13.7. The first-order valence-electron chi connectivity index (χ1n) is 8.98. The van der Waals surface area contributed by atoms with Gasteiger partial charge in [-0.25, -0.2) is 14.8 Å². The van der Waals surface area contributed by atoms with E-state index < -0.39 is 12.0 Å². The van der Waals surface area contributed by atoms with Gasteiger partial charge in [-0.05, 0) is 50.0 Å². The summed E-state index contributed by atoms with van der Waals surface area (Å²) in [5.74, 6) is -0.586. The number of hydrogen-bond acceptors (Lipinski definition) is 4. The predicted octanol–water partition coefficient (Wildman–Crippen LogP) is 1.83. The Labute approximate surface area is 141 Å². The molecule has 1 aliphatic heterocycles. The van der Waals surface area contributed by atoms with E-state index in [1.54, 1.807) is 17.4 Å². The van der Waals surface area contributed by atoms with Crippen molar-refractivity contribution >= 4 is 11.9 Å². The van der Waals surface area contributed by atoms with Crippen LogP contribution in [0.1, 0.15) is 49.8 Å². The van der Waals surface area contributed by atoms with Crippen LogP contribution in [0.3, 0.4) is 0 Å². The van der Waals surface area contributed by atoms with Gasteiger partial charge in [0.2, 0.25) is 5.91 Å². The first kappa shape index (κ1) is 15.5. The summed E-state index contributed by atoms with van der Waals surface area (Å²) in [6, 6.07) is -0.514. The van der Waals surface area contributed by atoms with E-state index >= 15 is 0 Å². The smallest absolute Gasteiger partial charge is 0.326 e. The molecule has 1 saturated carbocycles. The van der Waals surface area contributed by atoms with Crippen molar-refractivity contribution in [2.45, 2.75) is 63.5 Å². The number of likely N-dealkylation sites (tertiary alicyclic amines) is 1. The van der Waals surface area contributed by atoms with E-state index in [9.17, 15) is 14.7 Å². The first-order valence-corrected chi connectivity index (χ1v) is 8.98. The molecule has 6 heteroatoms. The standard InChI is InChI=1S/C18H23N3O3/c22-17(12-5-6-14-13(7-12)9-19-10-20-14)21-15-4-2-1-3-11(15)8-16(21)18(23)24/h9-12,15-16H,1-8H2,(H,23,24). The molecular weight excluding hydrogens is 306 g/mol. The number of carbonyl (C=O) groups is 2. The van der Waals surface area contributed by atoms with Gasteiger partial charge < -0.3 is 10.0 Å². The summed E-state index contributed by atoms with van der Waals surface area (Å²) in [4.78, 5) is 35.0. The summed E-state index contributed by atoms with van der Waals surface area (Å²) < 4.78 is 0. The average Bonchev–Trinajstić information content (AvgIpc) is 3.00. The van der Waals surface area contributed by atoms with Gasteiger partial charge in [0.05, 0.1) is 0 Å². The number of carboxylic acids is 1. The Bertz CT molecular complexity index is 663. The third-order valence-electron chi connectivity index (χ3n) is 6.05. The highest BCUT2D eigenvalue weighted by Gasteiger charge is 2.48. The molecule has 128 valence electrons. The summed E-state index contributed by atoms with van der Waals surface area (Å²) in [6.45, 7) is 0. The lowest BCUT2D eigenvalue weighted by atomic mass is 9.83. The Morgan fingerprint density at radius 1 is 1.21 bits per heavy atom. The van der Waals surface area contributed by atoms with Crippen LogP contribution in [-0.2, 0) is 22.4 Å². The van der Waals surface area contributed by atoms with Gasteiger partial charge in [0, 0.05) is 23.9 Å². The molecular formula is C18H23N3O3. The minimum Gasteiger partial charge on any atom is -0.480 e. The quantitative estimate of drug-likeness (QED) is 0.895. The number of aromatic nitrogens is 2. The molecule has 1 N–H and O–H groups in total. The SMILES string of the molecule is O=C(O)C1CC2CCCCC2N1C(=O)C1CCc2ncncc2C1. The molecule has 1 aromatic heterocycles. The molecule has 4 rings (SSSR count). The first-order chi connectivity index (χ1) is 11.6. The Hall–Kier alpha value is -1.98. The summed E-state index contributed by atoms with van der Waals surface area (Å²) in [6.07, 6.45) is 10.4. The van der Waals surface area contributed by atoms with Crippen LogP contribution in [0.2, 0.25) is 0 Å². The summed E-state index contributed by atoms with van der Waals surface area (Å²) in [5.41, 5.74) is 2.06. The average molecular weight is 329 g/mol. The molecule has 3 aliphatic rings. The maximum atomic E-state index is 13.2. The van der Waals surface area contributed by atoms with Crippen molar-refractivity contribution in [3.8, 4) is 0 Å². The predicted molar refractivity (Wildman–Crippen MR) is 86.2 cm³/mol. The fraction of sp³-hybridized carbons (Fsp3) is 0.667. The van der Waals surface area contributed by atoms with Crippen molar-refractivity contribution in [1.82, 2.24) is 14.9 Å². The normalized spacial score (nSPS) is 32.1. The molecule has 1 saturated heterocycles. The van der Waals surface area contributed by atoms with Crippen molar-refractivity contribution in [3.05, 3.63) is 23.8 Å². The second kappa shape index (κ2) is 6.15. The molecule has 1 aromatic rings. The monoisotopic (exact) mass is 329 g/mol. The van der Waals surface area contributed by atoms with Gasteiger partial charge >= 0.3 is 5.97 Å². The maximum Gasteiger partial charge on any atom is 0.326 e. The van der Waals surface area contributed by atoms with Crippen molar-refractivity contribution in [2.75, 3.05) is 0 Å². The van der Waals surface area contributed by atoms with Crippen LogP contribution >= 0.6 is 0 Å². The highest BCUT2D eigenvalue weighted by molar-refractivity contribution is 5.86. The number of hydrogen-bond donors (Lipinski definition) is 1. The molecule has 2 heterocycles. The highest BCUT2D eigenvalue weighted by atomic mass is 16.4. The van der Waals surface area contributed by atoms with Crippen LogP contribution in [0.4, 0.5) is 0 Å². The molecule has 24 heavy (non-hydrogen) atoms. The van der Waals surface area contributed by atoms with E-state index in [0.29, 0.717) is 18.8 Å². The van der Waals surface area contributed by atoms with Gasteiger partial charge in [-0.15, -0.1) is 0 Å². The Morgan fingerprint density at radius 2 is 2.04 bits per heavy atom. The number of amides is 1. The largest absolute Gasteiger partial charge is 0.480 e. The zero-order valence-electron chi connectivity index (χ0n) is 13.7. The molecule has 4 atom stereocenters. The molecule has 0 bridgehead atoms. The van der Waals surface area contributed by atoms with Gasteiger partial charge in [0.1, 0.15) is 12.4 Å². The van der Waals surface area contributed by atoms with E-state index in [1.807, 2.05) is 0 Å². The van der Waals surface area contributed by atoms with Gasteiger partial charge in [-0.2, -0.15) is 0 Å². The Balaban J connectivity index is 1.57. The van der Waals surface area contributed by atoms with E-state index in [4.69, 9.17) is 0 Å². The number of aryl methyl sites for hydroxylation is 1. The third-order valence-corrected chi connectivity index (χ3v) is 6.05. The molecule has 0 spiro atoms. The van der Waals surface area contributed by atoms with Crippen molar-refractivity contribution in [1.29, 1.82) is 0 Å². The van der Waals surface area contributed by atoms with Crippen LogP contribution in [0, 0.1) is 11.8 Å². The number of carboxylic acid groups (broad SMARTS) is 1. The molecule has 6 nitrogen and oxygen atoms in total. The number of nitrogens with zero attached hydrogens (tertiary/aromatic N) is 3. The highest BCUT2D eigenvalue weighted by Crippen LogP contribution is 2.41. The van der Waals surface area contributed by atoms with Crippen molar-refractivity contribution in [3.63, 3.8) is 0 Å². The van der Waals surface area contributed by atoms with Crippen molar-refractivity contribution in [2.24, 2.45) is 11.8 Å². The summed E-state index contributed by atoms with van der Waals surface area (Å²) in [7, 11) is 0. The van der Waals surface area contributed by atoms with E-state index in [1.165, 1.54) is 0 Å². The van der Waals surface area contributed by atoms with Crippen LogP contribution in [-0.4, -0.2) is 43.9 Å². The third kappa shape index (κ3) is 2.58. The van der Waals surface area contributed by atoms with Crippen LogP contribution in [0.5, 0.6) is 0 Å². The van der Waals surface area contributed by atoms with Gasteiger partial charge in [0.15, 0.2) is 0 Å². The van der Waals surface area contributed by atoms with Gasteiger partial charge in [-0.3, -0.25) is 4.79 Å². The molecule has 0 radical (unpaired) electrons. The number of fused-ring (bicyclic) bond motifs is 2. The van der Waals surface area contributed by atoms with Crippen molar-refractivity contribution < 1.29 is 14.7 Å². The van der Waals surface area contributed by atoms with Gasteiger partial charge in [-0.1, -0.05) is 12.8 Å². The zero-order chi connectivity index (χ0) is 16.7. The van der Waals surface area contributed by atoms with Crippen LogP contribution in [0.25, 0.3) is 0 Å². The minimum absolute atomic E-state index is 0.0336. The Kier molecular flexibility index (Phi) is 3.98. The Morgan fingerprint density at radius 3 is 2.88 bits per heavy atom. The van der Waals surface area contributed by atoms with Gasteiger partial charge in [0.25, 0.3) is 0 Å². The minimum atomic E-state index is -0.850. The lowest BCUT2D eigenvalue weighted by molar-refractivity contribution is -0.152.